The number of ketones is 1. The van der Waals surface area contributed by atoms with Crippen molar-refractivity contribution in [3.05, 3.63) is 34.8 Å². The third-order valence-electron chi connectivity index (χ3n) is 3.62. The molecule has 1 aliphatic rings. The molecule has 1 atom stereocenters. The summed E-state index contributed by atoms with van der Waals surface area (Å²) in [7, 11) is 0. The van der Waals surface area contributed by atoms with Gasteiger partial charge in [0.2, 0.25) is 0 Å². The van der Waals surface area contributed by atoms with E-state index in [4.69, 9.17) is 4.42 Å². The molecule has 0 amide bonds. The van der Waals surface area contributed by atoms with Gasteiger partial charge in [0.1, 0.15) is 11.5 Å². The van der Waals surface area contributed by atoms with Gasteiger partial charge in [0.25, 0.3) is 0 Å². The lowest BCUT2D eigenvalue weighted by atomic mass is 9.91. The van der Waals surface area contributed by atoms with Crippen molar-refractivity contribution < 1.29 is 9.21 Å². The van der Waals surface area contributed by atoms with Gasteiger partial charge in [-0.05, 0) is 32.3 Å². The van der Waals surface area contributed by atoms with E-state index in [-0.39, 0.29) is 5.92 Å². The van der Waals surface area contributed by atoms with E-state index in [0.29, 0.717) is 12.2 Å². The Labute approximate surface area is 103 Å². The third kappa shape index (κ3) is 2.68. The van der Waals surface area contributed by atoms with E-state index in [1.54, 1.807) is 6.26 Å². The number of rotatable bonds is 0. The fraction of sp³-hybridized carbons (Fsp3) is 0.533. The summed E-state index contributed by atoms with van der Waals surface area (Å²) in [6.07, 6.45) is 7.33. The van der Waals surface area contributed by atoms with Gasteiger partial charge < -0.3 is 4.42 Å². The van der Waals surface area contributed by atoms with Crippen LogP contribution in [0.2, 0.25) is 0 Å². The molecular formula is C15H20O2. The summed E-state index contributed by atoms with van der Waals surface area (Å²) in [5.74, 6) is 1.46. The highest BCUT2D eigenvalue weighted by Gasteiger charge is 2.19. The number of allylic oxidation sites excluding steroid dienone is 2. The fourth-order valence-corrected chi connectivity index (χ4v) is 2.32. The summed E-state index contributed by atoms with van der Waals surface area (Å²) in [6.45, 7) is 6.18. The zero-order valence-corrected chi connectivity index (χ0v) is 10.9. The van der Waals surface area contributed by atoms with E-state index in [1.165, 1.54) is 5.57 Å². The van der Waals surface area contributed by atoms with Gasteiger partial charge in [0.15, 0.2) is 0 Å². The SMILES string of the molecule is C/C1=C\CCC(C)C(=O)Cc2c(C)coc2C1. The molecule has 0 spiro atoms. The van der Waals surface area contributed by atoms with Gasteiger partial charge in [0, 0.05) is 24.3 Å². The van der Waals surface area contributed by atoms with Crippen LogP contribution < -0.4 is 0 Å². The van der Waals surface area contributed by atoms with Crippen LogP contribution >= 0.6 is 0 Å². The molecule has 0 saturated carbocycles. The predicted octanol–water partition coefficient (Wildman–Crippen LogP) is 3.62. The summed E-state index contributed by atoms with van der Waals surface area (Å²) < 4.78 is 5.58. The number of hydrogen-bond donors (Lipinski definition) is 0. The van der Waals surface area contributed by atoms with Crippen LogP contribution in [0.25, 0.3) is 0 Å². The number of aryl methyl sites for hydroxylation is 1. The van der Waals surface area contributed by atoms with E-state index in [9.17, 15) is 4.79 Å². The normalized spacial score (nSPS) is 25.0. The monoisotopic (exact) mass is 232 g/mol. The van der Waals surface area contributed by atoms with Crippen molar-refractivity contribution in [3.63, 3.8) is 0 Å². The molecule has 92 valence electrons. The lowest BCUT2D eigenvalue weighted by molar-refractivity contribution is -0.121. The van der Waals surface area contributed by atoms with Gasteiger partial charge in [-0.25, -0.2) is 0 Å². The molecule has 0 bridgehead atoms. The lowest BCUT2D eigenvalue weighted by Gasteiger charge is -2.12. The van der Waals surface area contributed by atoms with Gasteiger partial charge in [-0.15, -0.1) is 0 Å². The molecule has 2 heteroatoms. The van der Waals surface area contributed by atoms with E-state index in [0.717, 1.165) is 36.1 Å². The average Bonchev–Trinajstić information content (AvgIpc) is 2.60. The largest absolute Gasteiger partial charge is 0.468 e. The van der Waals surface area contributed by atoms with Gasteiger partial charge in [-0.3, -0.25) is 4.79 Å². The van der Waals surface area contributed by atoms with Gasteiger partial charge in [-0.1, -0.05) is 18.6 Å². The Hall–Kier alpha value is -1.31. The van der Waals surface area contributed by atoms with Crippen LogP contribution in [0, 0.1) is 12.8 Å². The second-order valence-corrected chi connectivity index (χ2v) is 5.17. The lowest BCUT2D eigenvalue weighted by Crippen LogP contribution is -2.15. The highest BCUT2D eigenvalue weighted by molar-refractivity contribution is 5.83. The second kappa shape index (κ2) is 4.91. The fourth-order valence-electron chi connectivity index (χ4n) is 2.32. The number of carbonyl (C=O) groups is 1. The van der Waals surface area contributed by atoms with Crippen molar-refractivity contribution >= 4 is 5.78 Å². The minimum atomic E-state index is 0.152. The quantitative estimate of drug-likeness (QED) is 0.639. The third-order valence-corrected chi connectivity index (χ3v) is 3.62. The number of furan rings is 1. The van der Waals surface area contributed by atoms with Crippen molar-refractivity contribution in [1.82, 2.24) is 0 Å². The van der Waals surface area contributed by atoms with Gasteiger partial charge >= 0.3 is 0 Å². The van der Waals surface area contributed by atoms with Crippen LogP contribution in [0.1, 0.15) is 43.6 Å². The van der Waals surface area contributed by atoms with E-state index in [2.05, 4.69) is 13.0 Å². The minimum Gasteiger partial charge on any atom is -0.468 e. The topological polar surface area (TPSA) is 30.2 Å². The Morgan fingerprint density at radius 3 is 2.82 bits per heavy atom. The van der Waals surface area contributed by atoms with Crippen molar-refractivity contribution in [1.29, 1.82) is 0 Å². The Bertz CT molecular complexity index is 451. The first-order chi connectivity index (χ1) is 8.08. The van der Waals surface area contributed by atoms with Crippen LogP contribution in [-0.2, 0) is 17.6 Å². The summed E-state index contributed by atoms with van der Waals surface area (Å²) >= 11 is 0. The number of fused-ring (bicyclic) bond motifs is 1. The molecule has 0 aliphatic heterocycles. The first kappa shape index (κ1) is 12.2. The molecule has 1 aromatic heterocycles. The van der Waals surface area contributed by atoms with Crippen molar-refractivity contribution in [2.75, 3.05) is 0 Å². The Balaban J connectivity index is 2.36. The standard InChI is InChI=1S/C15H20O2/c1-10-5-4-6-11(2)14(16)8-13-12(3)9-17-15(13)7-10/h5,9,11H,4,6-8H2,1-3H3/b10-5+. The van der Waals surface area contributed by atoms with Crippen LogP contribution in [0.4, 0.5) is 0 Å². The molecule has 1 aromatic rings. The van der Waals surface area contributed by atoms with E-state index in [1.807, 2.05) is 13.8 Å². The zero-order valence-electron chi connectivity index (χ0n) is 10.9. The molecule has 1 unspecified atom stereocenters. The molecule has 1 aliphatic carbocycles. The number of carbonyl (C=O) groups excluding carboxylic acids is 1. The van der Waals surface area contributed by atoms with E-state index < -0.39 is 0 Å². The maximum absolute atomic E-state index is 12.1. The van der Waals surface area contributed by atoms with Gasteiger partial charge in [-0.2, -0.15) is 0 Å². The minimum absolute atomic E-state index is 0.152. The van der Waals surface area contributed by atoms with E-state index >= 15 is 0 Å². The van der Waals surface area contributed by atoms with Crippen LogP contribution in [0.15, 0.2) is 22.3 Å². The van der Waals surface area contributed by atoms with Crippen LogP contribution in [-0.4, -0.2) is 5.78 Å². The first-order valence-corrected chi connectivity index (χ1v) is 6.32. The molecule has 0 N–H and O–H groups in total. The summed E-state index contributed by atoms with van der Waals surface area (Å²) in [5, 5.41) is 0. The molecule has 0 saturated heterocycles. The zero-order chi connectivity index (χ0) is 12.4. The first-order valence-electron chi connectivity index (χ1n) is 6.32. The molecule has 0 radical (unpaired) electrons. The highest BCUT2D eigenvalue weighted by Crippen LogP contribution is 2.24. The molecule has 2 rings (SSSR count). The van der Waals surface area contributed by atoms with Crippen molar-refractivity contribution in [2.45, 2.75) is 46.5 Å². The smallest absolute Gasteiger partial charge is 0.140 e. The highest BCUT2D eigenvalue weighted by atomic mass is 16.3. The maximum atomic E-state index is 12.1. The van der Waals surface area contributed by atoms with Crippen LogP contribution in [0.3, 0.4) is 0 Å². The predicted molar refractivity (Wildman–Crippen MR) is 68.0 cm³/mol. The summed E-state index contributed by atoms with van der Waals surface area (Å²) in [5.41, 5.74) is 3.55. The Morgan fingerprint density at radius 1 is 1.29 bits per heavy atom. The molecule has 17 heavy (non-hydrogen) atoms. The molecule has 0 fully saturated rings. The average molecular weight is 232 g/mol. The van der Waals surface area contributed by atoms with Crippen molar-refractivity contribution in [3.8, 4) is 0 Å². The second-order valence-electron chi connectivity index (χ2n) is 5.17. The number of Topliss-reactive ketones (excluding diaryl/α,β-unsaturated/α-hetero) is 1. The molecule has 1 heterocycles. The Kier molecular flexibility index (Phi) is 3.51. The van der Waals surface area contributed by atoms with Gasteiger partial charge in [0.05, 0.1) is 6.26 Å². The molecule has 0 aromatic carbocycles. The summed E-state index contributed by atoms with van der Waals surface area (Å²) in [4.78, 5) is 12.1. The molecular weight excluding hydrogens is 212 g/mol. The Morgan fingerprint density at radius 2 is 2.06 bits per heavy atom. The maximum Gasteiger partial charge on any atom is 0.140 e. The number of hydrogen-bond acceptors (Lipinski definition) is 2. The summed E-state index contributed by atoms with van der Waals surface area (Å²) in [6, 6.07) is 0. The van der Waals surface area contributed by atoms with Crippen LogP contribution in [0.5, 0.6) is 0 Å². The van der Waals surface area contributed by atoms with Crippen molar-refractivity contribution in [2.24, 2.45) is 5.92 Å². The molecule has 2 nitrogen and oxygen atoms in total.